The normalized spacial score (nSPS) is 11.1. The van der Waals surface area contributed by atoms with Gasteiger partial charge in [0.05, 0.1) is 17.2 Å². The number of tetrazole rings is 1. The second kappa shape index (κ2) is 7.15. The van der Waals surface area contributed by atoms with Crippen molar-refractivity contribution in [1.82, 2.24) is 25.2 Å². The molecule has 0 atom stereocenters. The van der Waals surface area contributed by atoms with Crippen LogP contribution in [0.3, 0.4) is 0 Å². The van der Waals surface area contributed by atoms with E-state index in [1.54, 1.807) is 34.4 Å². The number of hydrogen-bond donors (Lipinski definition) is 0. The van der Waals surface area contributed by atoms with E-state index in [1.165, 1.54) is 9.88 Å². The second-order valence-corrected chi connectivity index (χ2v) is 7.39. The fraction of sp³-hybridized carbons (Fsp3) is 0.385. The maximum Gasteiger partial charge on any atom is 0.210 e. The van der Waals surface area contributed by atoms with Gasteiger partial charge in [0.15, 0.2) is 0 Å². The van der Waals surface area contributed by atoms with E-state index in [-0.39, 0.29) is 0 Å². The first-order valence-corrected chi connectivity index (χ1v) is 9.44. The summed E-state index contributed by atoms with van der Waals surface area (Å²) in [4.78, 5) is 5.88. The third-order valence-corrected chi connectivity index (χ3v) is 5.61. The average molecular weight is 337 g/mol. The molecule has 0 bridgehead atoms. The highest BCUT2D eigenvalue weighted by molar-refractivity contribution is 7.98. The molecule has 3 aromatic rings. The number of aryl methyl sites for hydroxylation is 1. The van der Waals surface area contributed by atoms with Crippen molar-refractivity contribution in [3.05, 3.63) is 38.5 Å². The van der Waals surface area contributed by atoms with Gasteiger partial charge in [0, 0.05) is 16.0 Å². The van der Waals surface area contributed by atoms with Gasteiger partial charge in [-0.05, 0) is 34.7 Å². The fourth-order valence-corrected chi connectivity index (χ4v) is 4.29. The smallest absolute Gasteiger partial charge is 0.210 e. The maximum absolute atomic E-state index is 4.63. The number of thiophene rings is 1. The minimum atomic E-state index is 0.727. The molecule has 0 spiro atoms. The third-order valence-electron chi connectivity index (χ3n) is 2.80. The summed E-state index contributed by atoms with van der Waals surface area (Å²) >= 11 is 5.09. The van der Waals surface area contributed by atoms with Gasteiger partial charge in [0.1, 0.15) is 0 Å². The van der Waals surface area contributed by atoms with Crippen LogP contribution in [0.15, 0.2) is 28.0 Å². The zero-order chi connectivity index (χ0) is 14.5. The van der Waals surface area contributed by atoms with Crippen molar-refractivity contribution in [1.29, 1.82) is 0 Å². The summed E-state index contributed by atoms with van der Waals surface area (Å²) in [6.45, 7) is 2.90. The Labute approximate surface area is 135 Å². The Hall–Kier alpha value is -1.25. The molecule has 0 radical (unpaired) electrons. The lowest BCUT2D eigenvalue weighted by molar-refractivity contribution is 0.608. The van der Waals surface area contributed by atoms with Gasteiger partial charge in [-0.15, -0.1) is 27.8 Å². The van der Waals surface area contributed by atoms with Gasteiger partial charge in [0.2, 0.25) is 5.16 Å². The monoisotopic (exact) mass is 337 g/mol. The Bertz CT molecular complexity index is 674. The molecule has 21 heavy (non-hydrogen) atoms. The minimum absolute atomic E-state index is 0.727. The Kier molecular flexibility index (Phi) is 5.00. The van der Waals surface area contributed by atoms with Crippen LogP contribution >= 0.6 is 34.4 Å². The van der Waals surface area contributed by atoms with E-state index in [0.717, 1.165) is 36.0 Å². The Balaban J connectivity index is 1.61. The van der Waals surface area contributed by atoms with Crippen LogP contribution in [0.5, 0.6) is 0 Å². The molecule has 0 N–H and O–H groups in total. The molecule has 0 saturated carbocycles. The molecule has 0 aliphatic heterocycles. The molecule has 5 nitrogen and oxygen atoms in total. The first-order chi connectivity index (χ1) is 10.3. The van der Waals surface area contributed by atoms with Gasteiger partial charge in [-0.25, -0.2) is 9.67 Å². The molecule has 110 valence electrons. The number of hydrogen-bond acceptors (Lipinski definition) is 7. The summed E-state index contributed by atoms with van der Waals surface area (Å²) in [7, 11) is 0. The van der Waals surface area contributed by atoms with Crippen molar-refractivity contribution in [2.24, 2.45) is 0 Å². The van der Waals surface area contributed by atoms with Gasteiger partial charge in [-0.2, -0.15) is 0 Å². The molecule has 0 saturated heterocycles. The molecule has 0 aliphatic carbocycles. The lowest BCUT2D eigenvalue weighted by Gasteiger charge is -2.01. The van der Waals surface area contributed by atoms with Crippen LogP contribution in [0.2, 0.25) is 0 Å². The summed E-state index contributed by atoms with van der Waals surface area (Å²) in [6.07, 6.45) is 2.20. The highest BCUT2D eigenvalue weighted by atomic mass is 32.2. The van der Waals surface area contributed by atoms with Gasteiger partial charge in [-0.3, -0.25) is 0 Å². The molecule has 0 aromatic carbocycles. The zero-order valence-electron chi connectivity index (χ0n) is 11.6. The molecule has 8 heteroatoms. The minimum Gasteiger partial charge on any atom is -0.245 e. The van der Waals surface area contributed by atoms with Crippen molar-refractivity contribution in [2.45, 2.75) is 37.2 Å². The molecule has 3 aromatic heterocycles. The zero-order valence-corrected chi connectivity index (χ0v) is 14.0. The molecular weight excluding hydrogens is 322 g/mol. The van der Waals surface area contributed by atoms with E-state index in [2.05, 4.69) is 44.3 Å². The molecular formula is C13H15N5S3. The summed E-state index contributed by atoms with van der Waals surface area (Å²) in [5.74, 6) is 0.811. The van der Waals surface area contributed by atoms with E-state index in [1.807, 2.05) is 10.7 Å². The Morgan fingerprint density at radius 1 is 1.33 bits per heavy atom. The van der Waals surface area contributed by atoms with Crippen LogP contribution in [0.4, 0.5) is 0 Å². The van der Waals surface area contributed by atoms with E-state index < -0.39 is 0 Å². The summed E-state index contributed by atoms with van der Waals surface area (Å²) < 4.78 is 1.84. The van der Waals surface area contributed by atoms with Crippen LogP contribution in [0.1, 0.15) is 28.9 Å². The summed E-state index contributed by atoms with van der Waals surface area (Å²) in [6, 6.07) is 4.14. The predicted molar refractivity (Wildman–Crippen MR) is 86.9 cm³/mol. The molecule has 0 amide bonds. The molecule has 0 fully saturated rings. The van der Waals surface area contributed by atoms with Crippen LogP contribution in [0, 0.1) is 0 Å². The quantitative estimate of drug-likeness (QED) is 0.618. The highest BCUT2D eigenvalue weighted by Gasteiger charge is 2.09. The Morgan fingerprint density at radius 2 is 2.29 bits per heavy atom. The number of thiazole rings is 1. The maximum atomic E-state index is 4.63. The van der Waals surface area contributed by atoms with E-state index in [0.29, 0.717) is 0 Å². The lowest BCUT2D eigenvalue weighted by atomic mass is 10.3. The summed E-state index contributed by atoms with van der Waals surface area (Å²) in [5.41, 5.74) is 1.11. The average Bonchev–Trinajstić information content (AvgIpc) is 3.20. The number of thioether (sulfide) groups is 1. The van der Waals surface area contributed by atoms with Crippen LogP contribution in [-0.2, 0) is 18.7 Å². The van der Waals surface area contributed by atoms with Crippen molar-refractivity contribution < 1.29 is 0 Å². The van der Waals surface area contributed by atoms with E-state index >= 15 is 0 Å². The molecule has 0 aliphatic rings. The number of nitrogens with zero attached hydrogens (tertiary/aromatic N) is 5. The van der Waals surface area contributed by atoms with E-state index in [4.69, 9.17) is 0 Å². The first kappa shape index (κ1) is 14.7. The molecule has 3 rings (SSSR count). The van der Waals surface area contributed by atoms with Crippen molar-refractivity contribution in [2.75, 3.05) is 0 Å². The van der Waals surface area contributed by atoms with Gasteiger partial charge in [0.25, 0.3) is 0 Å². The summed E-state index contributed by atoms with van der Waals surface area (Å²) in [5, 5.41) is 18.2. The van der Waals surface area contributed by atoms with Crippen LogP contribution < -0.4 is 0 Å². The Morgan fingerprint density at radius 3 is 3.10 bits per heavy atom. The third kappa shape index (κ3) is 3.90. The fourth-order valence-electron chi connectivity index (χ4n) is 1.83. The lowest BCUT2D eigenvalue weighted by Crippen LogP contribution is -2.02. The van der Waals surface area contributed by atoms with Gasteiger partial charge < -0.3 is 0 Å². The first-order valence-electron chi connectivity index (χ1n) is 6.69. The van der Waals surface area contributed by atoms with Crippen molar-refractivity contribution >= 4 is 34.4 Å². The van der Waals surface area contributed by atoms with Crippen LogP contribution in [0.25, 0.3) is 0 Å². The van der Waals surface area contributed by atoms with Gasteiger partial charge in [-0.1, -0.05) is 24.8 Å². The SMILES string of the molecule is CCCc1nc(CSc2nnnn2Cc2cccs2)cs1. The number of aromatic nitrogens is 5. The molecule has 3 heterocycles. The predicted octanol–water partition coefficient (Wildman–Crippen LogP) is 3.48. The second-order valence-electron chi connectivity index (χ2n) is 4.47. The standard InChI is InChI=1S/C13H15N5S3/c1-2-4-12-14-10(8-20-12)9-21-13-15-16-17-18(13)7-11-5-3-6-19-11/h3,5-6,8H,2,4,7,9H2,1H3. The van der Waals surface area contributed by atoms with Crippen molar-refractivity contribution in [3.63, 3.8) is 0 Å². The van der Waals surface area contributed by atoms with Crippen LogP contribution in [-0.4, -0.2) is 25.2 Å². The highest BCUT2D eigenvalue weighted by Crippen LogP contribution is 2.23. The molecule has 0 unspecified atom stereocenters. The van der Waals surface area contributed by atoms with E-state index in [9.17, 15) is 0 Å². The number of rotatable bonds is 7. The largest absolute Gasteiger partial charge is 0.245 e. The van der Waals surface area contributed by atoms with Gasteiger partial charge >= 0.3 is 0 Å². The van der Waals surface area contributed by atoms with Crippen molar-refractivity contribution in [3.8, 4) is 0 Å². The topological polar surface area (TPSA) is 56.5 Å².